The summed E-state index contributed by atoms with van der Waals surface area (Å²) in [5.74, 6) is -1.98. The molecule has 0 unspecified atom stereocenters. The molecule has 1 aliphatic rings. The fourth-order valence-electron chi connectivity index (χ4n) is 3.51. The number of rotatable bonds is 6. The van der Waals surface area contributed by atoms with Gasteiger partial charge in [-0.1, -0.05) is 0 Å². The van der Waals surface area contributed by atoms with Gasteiger partial charge in [-0.25, -0.2) is 14.4 Å². The molecule has 0 spiro atoms. The standard InChI is InChI=1S/C25H42N2O7/c1-14-18(20(29)32-23(3,4)5)17(12-16(13-28)27-22(31)34-25(9,10)11)19(15(2)26-14)21(30)33-24(6,7)8/h16-17,26,28H,12-13H2,1-11H3,(H,27,31)/t16-/m0/s1. The molecule has 34 heavy (non-hydrogen) atoms. The Labute approximate surface area is 203 Å². The average molecular weight is 483 g/mol. The number of aliphatic hydroxyl groups excluding tert-OH is 1. The number of dihydropyridines is 1. The third-order valence-electron chi connectivity index (χ3n) is 4.58. The first-order valence-corrected chi connectivity index (χ1v) is 11.5. The lowest BCUT2D eigenvalue weighted by molar-refractivity contribution is -0.151. The van der Waals surface area contributed by atoms with Crippen LogP contribution in [0.25, 0.3) is 0 Å². The monoisotopic (exact) mass is 482 g/mol. The van der Waals surface area contributed by atoms with E-state index in [-0.39, 0.29) is 17.6 Å². The van der Waals surface area contributed by atoms with Crippen LogP contribution < -0.4 is 10.6 Å². The van der Waals surface area contributed by atoms with Crippen LogP contribution in [0.3, 0.4) is 0 Å². The van der Waals surface area contributed by atoms with Gasteiger partial charge in [0.1, 0.15) is 16.8 Å². The second kappa shape index (κ2) is 10.8. The van der Waals surface area contributed by atoms with E-state index in [1.807, 2.05) is 0 Å². The topological polar surface area (TPSA) is 123 Å². The van der Waals surface area contributed by atoms with Gasteiger partial charge in [-0.3, -0.25) is 0 Å². The normalized spacial score (nSPS) is 16.6. The lowest BCUT2D eigenvalue weighted by Crippen LogP contribution is -2.44. The summed E-state index contributed by atoms with van der Waals surface area (Å²) in [6.45, 7) is 18.7. The van der Waals surface area contributed by atoms with Crippen LogP contribution in [0, 0.1) is 5.92 Å². The van der Waals surface area contributed by atoms with E-state index >= 15 is 0 Å². The molecule has 0 bridgehead atoms. The quantitative estimate of drug-likeness (QED) is 0.387. The van der Waals surface area contributed by atoms with Crippen molar-refractivity contribution < 1.29 is 33.7 Å². The van der Waals surface area contributed by atoms with E-state index in [1.54, 1.807) is 76.2 Å². The maximum absolute atomic E-state index is 13.2. The Hall–Kier alpha value is -2.55. The highest BCUT2D eigenvalue weighted by atomic mass is 16.6. The van der Waals surface area contributed by atoms with Gasteiger partial charge in [-0.05, 0) is 82.6 Å². The number of carbonyl (C=O) groups excluding carboxylic acids is 3. The van der Waals surface area contributed by atoms with Crippen molar-refractivity contribution in [1.29, 1.82) is 0 Å². The Bertz CT molecular complexity index is 802. The van der Waals surface area contributed by atoms with Gasteiger partial charge in [0.15, 0.2) is 0 Å². The minimum Gasteiger partial charge on any atom is -0.457 e. The van der Waals surface area contributed by atoms with E-state index in [1.165, 1.54) is 0 Å². The Morgan fingerprint density at radius 3 is 1.53 bits per heavy atom. The lowest BCUT2D eigenvalue weighted by atomic mass is 9.81. The molecule has 0 aromatic heterocycles. The van der Waals surface area contributed by atoms with Gasteiger partial charge in [-0.15, -0.1) is 0 Å². The molecular formula is C25H42N2O7. The fourth-order valence-corrected chi connectivity index (χ4v) is 3.51. The van der Waals surface area contributed by atoms with Crippen LogP contribution in [-0.2, 0) is 23.8 Å². The number of allylic oxidation sites excluding steroid dienone is 2. The zero-order valence-electron chi connectivity index (χ0n) is 22.5. The van der Waals surface area contributed by atoms with Gasteiger partial charge in [0.25, 0.3) is 0 Å². The molecule has 0 aliphatic carbocycles. The van der Waals surface area contributed by atoms with E-state index < -0.39 is 53.4 Å². The molecule has 1 aliphatic heterocycles. The molecule has 0 aromatic carbocycles. The molecular weight excluding hydrogens is 440 g/mol. The molecule has 1 atom stereocenters. The number of amides is 1. The van der Waals surface area contributed by atoms with Crippen LogP contribution >= 0.6 is 0 Å². The fraction of sp³-hybridized carbons (Fsp3) is 0.720. The number of ether oxygens (including phenoxy) is 3. The van der Waals surface area contributed by atoms with Gasteiger partial charge < -0.3 is 30.0 Å². The van der Waals surface area contributed by atoms with Crippen LogP contribution in [0.5, 0.6) is 0 Å². The average Bonchev–Trinajstić information content (AvgIpc) is 2.55. The second-order valence-corrected chi connectivity index (χ2v) is 11.5. The predicted molar refractivity (Wildman–Crippen MR) is 129 cm³/mol. The Morgan fingerprint density at radius 2 is 1.21 bits per heavy atom. The molecule has 194 valence electrons. The van der Waals surface area contributed by atoms with E-state index in [9.17, 15) is 19.5 Å². The van der Waals surface area contributed by atoms with Crippen LogP contribution in [0.15, 0.2) is 22.5 Å². The molecule has 1 amide bonds. The van der Waals surface area contributed by atoms with Crippen molar-refractivity contribution in [1.82, 2.24) is 10.6 Å². The van der Waals surface area contributed by atoms with Crippen molar-refractivity contribution in [3.8, 4) is 0 Å². The third kappa shape index (κ3) is 9.37. The van der Waals surface area contributed by atoms with Gasteiger partial charge in [-0.2, -0.15) is 0 Å². The summed E-state index contributed by atoms with van der Waals surface area (Å²) in [5.41, 5.74) is -0.715. The van der Waals surface area contributed by atoms with Crippen LogP contribution in [0.1, 0.15) is 82.6 Å². The predicted octanol–water partition coefficient (Wildman–Crippen LogP) is 3.71. The van der Waals surface area contributed by atoms with Crippen LogP contribution in [0.2, 0.25) is 0 Å². The summed E-state index contributed by atoms with van der Waals surface area (Å²) < 4.78 is 16.5. The third-order valence-corrected chi connectivity index (χ3v) is 4.58. The number of carbonyl (C=O) groups is 3. The molecule has 9 nitrogen and oxygen atoms in total. The zero-order valence-corrected chi connectivity index (χ0v) is 22.5. The SMILES string of the molecule is CC1=C(C(=O)OC(C)(C)C)C(C[C@@H](CO)NC(=O)OC(C)(C)C)C(C(=O)OC(C)(C)C)=C(C)N1. The first kappa shape index (κ1) is 29.5. The Balaban J connectivity index is 3.43. The Morgan fingerprint density at radius 1 is 0.824 bits per heavy atom. The number of esters is 2. The largest absolute Gasteiger partial charge is 0.457 e. The van der Waals surface area contributed by atoms with Crippen molar-refractivity contribution >= 4 is 18.0 Å². The number of aliphatic hydroxyl groups is 1. The van der Waals surface area contributed by atoms with E-state index in [0.717, 1.165) is 0 Å². The first-order chi connectivity index (χ1) is 15.2. The maximum Gasteiger partial charge on any atom is 0.407 e. The molecule has 0 aromatic rings. The molecule has 0 saturated heterocycles. The highest BCUT2D eigenvalue weighted by Crippen LogP contribution is 2.36. The minimum atomic E-state index is -0.798. The lowest BCUT2D eigenvalue weighted by Gasteiger charge is -2.34. The van der Waals surface area contributed by atoms with Gasteiger partial charge >= 0.3 is 18.0 Å². The molecule has 9 heteroatoms. The van der Waals surface area contributed by atoms with Gasteiger partial charge in [0.05, 0.1) is 23.8 Å². The van der Waals surface area contributed by atoms with E-state index in [4.69, 9.17) is 14.2 Å². The minimum absolute atomic E-state index is 0.0508. The van der Waals surface area contributed by atoms with E-state index in [0.29, 0.717) is 11.4 Å². The number of alkyl carbamates (subject to hydrolysis) is 1. The van der Waals surface area contributed by atoms with Gasteiger partial charge in [0.2, 0.25) is 0 Å². The molecule has 0 fully saturated rings. The molecule has 0 radical (unpaired) electrons. The molecule has 1 rings (SSSR count). The number of nitrogens with one attached hydrogen (secondary N) is 2. The van der Waals surface area contributed by atoms with Crippen molar-refractivity contribution in [2.75, 3.05) is 6.61 Å². The van der Waals surface area contributed by atoms with Crippen molar-refractivity contribution in [2.24, 2.45) is 5.92 Å². The van der Waals surface area contributed by atoms with Crippen molar-refractivity contribution in [2.45, 2.75) is 105 Å². The van der Waals surface area contributed by atoms with Crippen molar-refractivity contribution in [3.63, 3.8) is 0 Å². The summed E-state index contributed by atoms with van der Waals surface area (Å²) in [5, 5.41) is 15.7. The number of hydrogen-bond donors (Lipinski definition) is 3. The molecule has 1 heterocycles. The summed E-state index contributed by atoms with van der Waals surface area (Å²) >= 11 is 0. The maximum atomic E-state index is 13.2. The van der Waals surface area contributed by atoms with Crippen molar-refractivity contribution in [3.05, 3.63) is 22.5 Å². The highest BCUT2D eigenvalue weighted by Gasteiger charge is 2.40. The summed E-state index contributed by atoms with van der Waals surface area (Å²) in [7, 11) is 0. The summed E-state index contributed by atoms with van der Waals surface area (Å²) in [4.78, 5) is 38.8. The summed E-state index contributed by atoms with van der Waals surface area (Å²) in [6.07, 6.45) is -0.658. The molecule has 3 N–H and O–H groups in total. The molecule has 0 saturated carbocycles. The van der Waals surface area contributed by atoms with Crippen LogP contribution in [-0.4, -0.2) is 52.6 Å². The zero-order chi connectivity index (χ0) is 26.6. The number of hydrogen-bond acceptors (Lipinski definition) is 8. The van der Waals surface area contributed by atoms with E-state index in [2.05, 4.69) is 10.6 Å². The Kier molecular flexibility index (Phi) is 9.36. The summed E-state index contributed by atoms with van der Waals surface area (Å²) in [6, 6.07) is -0.798. The van der Waals surface area contributed by atoms with Crippen LogP contribution in [0.4, 0.5) is 4.79 Å². The second-order valence-electron chi connectivity index (χ2n) is 11.5. The first-order valence-electron chi connectivity index (χ1n) is 11.5. The smallest absolute Gasteiger partial charge is 0.407 e. The van der Waals surface area contributed by atoms with Gasteiger partial charge in [0, 0.05) is 17.3 Å². The highest BCUT2D eigenvalue weighted by molar-refractivity contribution is 5.98.